The lowest BCUT2D eigenvalue weighted by Gasteiger charge is -2.16. The molecule has 31 heavy (non-hydrogen) atoms. The molecule has 1 aliphatic rings. The van der Waals surface area contributed by atoms with Crippen LogP contribution in [0.25, 0.3) is 11.4 Å². The zero-order valence-electron chi connectivity index (χ0n) is 18.4. The highest BCUT2D eigenvalue weighted by Gasteiger charge is 2.17. The quantitative estimate of drug-likeness (QED) is 0.407. The topological polar surface area (TPSA) is 69.5 Å². The summed E-state index contributed by atoms with van der Waals surface area (Å²) in [4.78, 5) is 19.7. The summed E-state index contributed by atoms with van der Waals surface area (Å²) >= 11 is 0. The van der Waals surface area contributed by atoms with Crippen LogP contribution in [0.4, 0.5) is 0 Å². The second-order valence-corrected chi connectivity index (χ2v) is 7.84. The van der Waals surface area contributed by atoms with Gasteiger partial charge in [-0.1, -0.05) is 17.3 Å². The van der Waals surface area contributed by atoms with Gasteiger partial charge < -0.3 is 9.57 Å². The van der Waals surface area contributed by atoms with Crippen LogP contribution in [0.3, 0.4) is 0 Å². The van der Waals surface area contributed by atoms with Gasteiger partial charge in [-0.2, -0.15) is 0 Å². The molecule has 0 saturated carbocycles. The molecule has 6 heteroatoms. The standard InChI is InChI=1S/C25H28N4O2/c1-17-12-13-19-7-4-11-23(25(19)27-17)29-31-14-6-9-20-8-5-10-22(28-20)24-16-21(30-3)15-18(2)26-24/h5,8,10,12-13,15-16H,4,6-7,9,11,14H2,1-3H3/b29-23+. The fourth-order valence-corrected chi connectivity index (χ4v) is 3.78. The number of pyridine rings is 3. The van der Waals surface area contributed by atoms with Gasteiger partial charge in [0.25, 0.3) is 0 Å². The average molecular weight is 417 g/mol. The van der Waals surface area contributed by atoms with Crippen molar-refractivity contribution in [2.75, 3.05) is 13.7 Å². The van der Waals surface area contributed by atoms with Crippen LogP contribution in [0, 0.1) is 13.8 Å². The number of fused-ring (bicyclic) bond motifs is 1. The lowest BCUT2D eigenvalue weighted by Crippen LogP contribution is -2.15. The zero-order valence-corrected chi connectivity index (χ0v) is 18.4. The number of aryl methyl sites for hydroxylation is 4. The van der Waals surface area contributed by atoms with Crippen LogP contribution < -0.4 is 4.74 Å². The lowest BCUT2D eigenvalue weighted by molar-refractivity contribution is 0.141. The van der Waals surface area contributed by atoms with Crippen molar-refractivity contribution in [1.82, 2.24) is 15.0 Å². The molecule has 0 unspecified atom stereocenters. The van der Waals surface area contributed by atoms with Crippen LogP contribution in [0.1, 0.15) is 47.6 Å². The largest absolute Gasteiger partial charge is 0.497 e. The first-order chi connectivity index (χ1) is 15.1. The average Bonchev–Trinajstić information content (AvgIpc) is 2.79. The Morgan fingerprint density at radius 1 is 0.935 bits per heavy atom. The molecular formula is C25H28N4O2. The van der Waals surface area contributed by atoms with E-state index in [4.69, 9.17) is 14.6 Å². The van der Waals surface area contributed by atoms with Crippen molar-refractivity contribution < 1.29 is 9.57 Å². The van der Waals surface area contributed by atoms with Crippen LogP contribution in [0.2, 0.25) is 0 Å². The van der Waals surface area contributed by atoms with E-state index >= 15 is 0 Å². The van der Waals surface area contributed by atoms with E-state index < -0.39 is 0 Å². The molecule has 3 aromatic heterocycles. The number of hydrogen-bond acceptors (Lipinski definition) is 6. The Kier molecular flexibility index (Phi) is 6.55. The van der Waals surface area contributed by atoms with Gasteiger partial charge in [-0.15, -0.1) is 0 Å². The minimum atomic E-state index is 0.549. The summed E-state index contributed by atoms with van der Waals surface area (Å²) in [5, 5.41) is 4.40. The van der Waals surface area contributed by atoms with Gasteiger partial charge in [0.15, 0.2) is 0 Å². The van der Waals surface area contributed by atoms with E-state index in [0.29, 0.717) is 6.61 Å². The number of oxime groups is 1. The molecule has 0 aliphatic heterocycles. The number of nitrogens with zero attached hydrogens (tertiary/aromatic N) is 4. The third-order valence-electron chi connectivity index (χ3n) is 5.33. The van der Waals surface area contributed by atoms with E-state index in [2.05, 4.69) is 27.3 Å². The maximum absolute atomic E-state index is 5.64. The van der Waals surface area contributed by atoms with Gasteiger partial charge in [0.05, 0.1) is 24.2 Å². The highest BCUT2D eigenvalue weighted by atomic mass is 16.6. The summed E-state index contributed by atoms with van der Waals surface area (Å²) in [6, 6.07) is 14.1. The van der Waals surface area contributed by atoms with Crippen LogP contribution in [-0.4, -0.2) is 34.4 Å². The molecule has 0 amide bonds. The molecule has 4 rings (SSSR count). The number of ether oxygens (including phenoxy) is 1. The number of methoxy groups -OCH3 is 1. The monoisotopic (exact) mass is 416 g/mol. The summed E-state index contributed by atoms with van der Waals surface area (Å²) < 4.78 is 5.36. The van der Waals surface area contributed by atoms with Crippen LogP contribution in [0.5, 0.6) is 5.75 Å². The second-order valence-electron chi connectivity index (χ2n) is 7.84. The number of hydrogen-bond donors (Lipinski definition) is 0. The summed E-state index contributed by atoms with van der Waals surface area (Å²) in [6.45, 7) is 4.51. The predicted molar refractivity (Wildman–Crippen MR) is 121 cm³/mol. The van der Waals surface area contributed by atoms with Crippen molar-refractivity contribution in [3.63, 3.8) is 0 Å². The lowest BCUT2D eigenvalue weighted by atomic mass is 9.94. The molecule has 0 aromatic carbocycles. The summed E-state index contributed by atoms with van der Waals surface area (Å²) in [7, 11) is 1.66. The van der Waals surface area contributed by atoms with Crippen molar-refractivity contribution in [3.8, 4) is 17.1 Å². The summed E-state index contributed by atoms with van der Waals surface area (Å²) in [6.07, 6.45) is 4.72. The Morgan fingerprint density at radius 3 is 2.71 bits per heavy atom. The molecular weight excluding hydrogens is 388 g/mol. The predicted octanol–water partition coefficient (Wildman–Crippen LogP) is 4.85. The second kappa shape index (κ2) is 9.69. The molecule has 0 radical (unpaired) electrons. The fraction of sp³-hybridized carbons (Fsp3) is 0.360. The molecule has 0 bridgehead atoms. The third-order valence-corrected chi connectivity index (χ3v) is 5.33. The van der Waals surface area contributed by atoms with Crippen molar-refractivity contribution in [1.29, 1.82) is 0 Å². The molecule has 160 valence electrons. The first-order valence-corrected chi connectivity index (χ1v) is 10.8. The zero-order chi connectivity index (χ0) is 21.6. The molecule has 0 fully saturated rings. The van der Waals surface area contributed by atoms with Gasteiger partial charge in [0, 0.05) is 29.2 Å². The minimum absolute atomic E-state index is 0.549. The number of rotatable bonds is 7. The number of aromatic nitrogens is 3. The SMILES string of the molecule is COc1cc(C)nc(-c2cccc(CCCO/N=C3\CCCc4ccc(C)nc43)n2)c1. The molecule has 1 aliphatic carbocycles. The summed E-state index contributed by atoms with van der Waals surface area (Å²) in [5.74, 6) is 0.788. The van der Waals surface area contributed by atoms with Crippen LogP contribution in [-0.2, 0) is 17.7 Å². The van der Waals surface area contributed by atoms with Gasteiger partial charge in [-0.3, -0.25) is 15.0 Å². The Balaban J connectivity index is 1.35. The van der Waals surface area contributed by atoms with Gasteiger partial charge in [-0.25, -0.2) is 0 Å². The van der Waals surface area contributed by atoms with E-state index in [0.717, 1.165) is 77.7 Å². The highest BCUT2D eigenvalue weighted by molar-refractivity contribution is 6.00. The maximum atomic E-state index is 5.64. The van der Waals surface area contributed by atoms with Crippen molar-refractivity contribution in [2.24, 2.45) is 5.16 Å². The Hall–Kier alpha value is -3.28. The van der Waals surface area contributed by atoms with Crippen LogP contribution in [0.15, 0.2) is 47.6 Å². The molecule has 6 nitrogen and oxygen atoms in total. The normalized spacial score (nSPS) is 14.4. The van der Waals surface area contributed by atoms with E-state index in [9.17, 15) is 0 Å². The van der Waals surface area contributed by atoms with E-state index in [1.165, 1.54) is 5.56 Å². The van der Waals surface area contributed by atoms with Crippen molar-refractivity contribution in [2.45, 2.75) is 46.0 Å². The Bertz CT molecular complexity index is 1090. The highest BCUT2D eigenvalue weighted by Crippen LogP contribution is 2.22. The van der Waals surface area contributed by atoms with Gasteiger partial charge in [-0.05, 0) is 69.7 Å². The fourth-order valence-electron chi connectivity index (χ4n) is 3.78. The van der Waals surface area contributed by atoms with E-state index in [-0.39, 0.29) is 0 Å². The first kappa shape index (κ1) is 21.0. The molecule has 3 heterocycles. The van der Waals surface area contributed by atoms with Gasteiger partial charge >= 0.3 is 0 Å². The maximum Gasteiger partial charge on any atom is 0.122 e. The smallest absolute Gasteiger partial charge is 0.122 e. The third kappa shape index (κ3) is 5.26. The Morgan fingerprint density at radius 2 is 1.84 bits per heavy atom. The molecule has 0 saturated heterocycles. The Labute approximate surface area is 183 Å². The molecule has 0 N–H and O–H groups in total. The van der Waals surface area contributed by atoms with Crippen molar-refractivity contribution in [3.05, 3.63) is 70.8 Å². The molecule has 0 spiro atoms. The van der Waals surface area contributed by atoms with Gasteiger partial charge in [0.2, 0.25) is 0 Å². The first-order valence-electron chi connectivity index (χ1n) is 10.8. The van der Waals surface area contributed by atoms with Crippen molar-refractivity contribution >= 4 is 5.71 Å². The van der Waals surface area contributed by atoms with E-state index in [1.54, 1.807) is 7.11 Å². The van der Waals surface area contributed by atoms with Gasteiger partial charge in [0.1, 0.15) is 18.1 Å². The summed E-state index contributed by atoms with van der Waals surface area (Å²) in [5.41, 5.74) is 7.83. The van der Waals surface area contributed by atoms with E-state index in [1.807, 2.05) is 44.2 Å². The minimum Gasteiger partial charge on any atom is -0.497 e. The molecule has 0 atom stereocenters. The van der Waals surface area contributed by atoms with Crippen LogP contribution >= 0.6 is 0 Å². The molecule has 3 aromatic rings.